The van der Waals surface area contributed by atoms with Gasteiger partial charge in [0.05, 0.1) is 12.7 Å². The van der Waals surface area contributed by atoms with Gasteiger partial charge in [0.2, 0.25) is 5.91 Å². The molecular formula is C13H24N2O3. The van der Waals surface area contributed by atoms with Crippen molar-refractivity contribution < 1.29 is 14.6 Å². The topological polar surface area (TPSA) is 84.6 Å². The number of carbonyl (C=O) groups excluding carboxylic acids is 1. The van der Waals surface area contributed by atoms with E-state index in [2.05, 4.69) is 5.32 Å². The second-order valence-electron chi connectivity index (χ2n) is 6.19. The second kappa shape index (κ2) is 4.47. The van der Waals surface area contributed by atoms with Crippen LogP contribution in [0.3, 0.4) is 0 Å². The van der Waals surface area contributed by atoms with E-state index in [1.54, 1.807) is 6.92 Å². The van der Waals surface area contributed by atoms with E-state index in [9.17, 15) is 4.79 Å². The molecule has 1 heterocycles. The first kappa shape index (κ1) is 13.8. The van der Waals surface area contributed by atoms with Crippen molar-refractivity contribution in [2.75, 3.05) is 13.2 Å². The first-order valence-corrected chi connectivity index (χ1v) is 6.68. The molecular weight excluding hydrogens is 232 g/mol. The Balaban J connectivity index is 2.16. The summed E-state index contributed by atoms with van der Waals surface area (Å²) >= 11 is 0. The standard InChI is InChI=1S/C13H24N2O3/c1-8(7-16)15-11(17)13(14)9-5-4-6-18-10(9)12(13,2)3/h8-10,16H,4-7,14H2,1-3H3,(H,15,17). The molecule has 0 bridgehead atoms. The first-order valence-electron chi connectivity index (χ1n) is 6.68. The molecule has 4 atom stereocenters. The Morgan fingerprint density at radius 2 is 2.28 bits per heavy atom. The van der Waals surface area contributed by atoms with Gasteiger partial charge in [-0.25, -0.2) is 0 Å². The van der Waals surface area contributed by atoms with Crippen molar-refractivity contribution in [3.05, 3.63) is 0 Å². The summed E-state index contributed by atoms with van der Waals surface area (Å²) in [4.78, 5) is 12.4. The molecule has 0 radical (unpaired) electrons. The van der Waals surface area contributed by atoms with Gasteiger partial charge >= 0.3 is 0 Å². The maximum atomic E-state index is 12.4. The second-order valence-corrected chi connectivity index (χ2v) is 6.19. The van der Waals surface area contributed by atoms with Crippen LogP contribution < -0.4 is 11.1 Å². The predicted molar refractivity (Wildman–Crippen MR) is 67.9 cm³/mol. The molecule has 2 rings (SSSR count). The molecule has 1 aliphatic heterocycles. The van der Waals surface area contributed by atoms with E-state index in [0.717, 1.165) is 19.4 Å². The quantitative estimate of drug-likeness (QED) is 0.664. The van der Waals surface area contributed by atoms with Crippen LogP contribution in [0.2, 0.25) is 0 Å². The van der Waals surface area contributed by atoms with Crippen molar-refractivity contribution in [2.45, 2.75) is 51.3 Å². The average molecular weight is 256 g/mol. The summed E-state index contributed by atoms with van der Waals surface area (Å²) in [5.41, 5.74) is 5.16. The zero-order valence-electron chi connectivity index (χ0n) is 11.4. The van der Waals surface area contributed by atoms with Gasteiger partial charge in [0, 0.05) is 24.0 Å². The molecule has 4 unspecified atom stereocenters. The molecule has 4 N–H and O–H groups in total. The van der Waals surface area contributed by atoms with Crippen molar-refractivity contribution in [3.8, 4) is 0 Å². The summed E-state index contributed by atoms with van der Waals surface area (Å²) in [5, 5.41) is 11.8. The van der Waals surface area contributed by atoms with Crippen LogP contribution in [0.15, 0.2) is 0 Å². The Labute approximate surface area is 108 Å². The lowest BCUT2D eigenvalue weighted by atomic mass is 9.46. The Morgan fingerprint density at radius 1 is 1.61 bits per heavy atom. The van der Waals surface area contributed by atoms with E-state index in [1.165, 1.54) is 0 Å². The minimum Gasteiger partial charge on any atom is -0.394 e. The summed E-state index contributed by atoms with van der Waals surface area (Å²) in [6, 6.07) is -0.266. The monoisotopic (exact) mass is 256 g/mol. The number of hydrogen-bond donors (Lipinski definition) is 3. The molecule has 104 valence electrons. The van der Waals surface area contributed by atoms with E-state index in [1.807, 2.05) is 13.8 Å². The number of aliphatic hydroxyl groups is 1. The van der Waals surface area contributed by atoms with Gasteiger partial charge in [-0.1, -0.05) is 13.8 Å². The van der Waals surface area contributed by atoms with Crippen molar-refractivity contribution in [1.29, 1.82) is 0 Å². The van der Waals surface area contributed by atoms with Crippen molar-refractivity contribution in [3.63, 3.8) is 0 Å². The molecule has 1 saturated heterocycles. The van der Waals surface area contributed by atoms with E-state index in [0.29, 0.717) is 0 Å². The lowest BCUT2D eigenvalue weighted by Gasteiger charge is -2.65. The number of ether oxygens (including phenoxy) is 1. The average Bonchev–Trinajstić information content (AvgIpc) is 2.37. The normalized spacial score (nSPS) is 39.4. The van der Waals surface area contributed by atoms with Gasteiger partial charge in [-0.05, 0) is 19.8 Å². The highest BCUT2D eigenvalue weighted by molar-refractivity contribution is 5.89. The van der Waals surface area contributed by atoms with Gasteiger partial charge in [-0.15, -0.1) is 0 Å². The molecule has 18 heavy (non-hydrogen) atoms. The fourth-order valence-corrected chi connectivity index (χ4v) is 3.43. The summed E-state index contributed by atoms with van der Waals surface area (Å²) in [6.07, 6.45) is 1.97. The number of nitrogens with one attached hydrogen (secondary N) is 1. The number of carbonyl (C=O) groups is 1. The Kier molecular flexibility index (Phi) is 3.42. The molecule has 2 fully saturated rings. The largest absolute Gasteiger partial charge is 0.394 e. The number of rotatable bonds is 3. The molecule has 2 aliphatic rings. The highest BCUT2D eigenvalue weighted by Crippen LogP contribution is 2.57. The third-order valence-corrected chi connectivity index (χ3v) is 4.71. The molecule has 5 nitrogen and oxygen atoms in total. The van der Waals surface area contributed by atoms with Crippen molar-refractivity contribution in [2.24, 2.45) is 17.1 Å². The molecule has 0 aromatic carbocycles. The van der Waals surface area contributed by atoms with E-state index in [-0.39, 0.29) is 36.0 Å². The van der Waals surface area contributed by atoms with Crippen LogP contribution in [0.5, 0.6) is 0 Å². The van der Waals surface area contributed by atoms with E-state index in [4.69, 9.17) is 15.6 Å². The molecule has 1 saturated carbocycles. The molecule has 0 spiro atoms. The SMILES string of the molecule is CC(CO)NC(=O)C1(N)C2CCCOC2C1(C)C. The summed E-state index contributed by atoms with van der Waals surface area (Å²) < 4.78 is 5.76. The zero-order chi connectivity index (χ0) is 13.6. The number of hydrogen-bond acceptors (Lipinski definition) is 4. The van der Waals surface area contributed by atoms with E-state index < -0.39 is 5.54 Å². The minimum absolute atomic E-state index is 0.0754. The Morgan fingerprint density at radius 3 is 2.89 bits per heavy atom. The Hall–Kier alpha value is -0.650. The highest BCUT2D eigenvalue weighted by atomic mass is 16.5. The van der Waals surface area contributed by atoms with Gasteiger partial charge in [0.15, 0.2) is 0 Å². The number of nitrogens with two attached hydrogens (primary N) is 1. The van der Waals surface area contributed by atoms with Crippen molar-refractivity contribution in [1.82, 2.24) is 5.32 Å². The van der Waals surface area contributed by atoms with Crippen LogP contribution in [0.1, 0.15) is 33.6 Å². The number of fused-ring (bicyclic) bond motifs is 1. The lowest BCUT2D eigenvalue weighted by molar-refractivity contribution is -0.225. The smallest absolute Gasteiger partial charge is 0.241 e. The third-order valence-electron chi connectivity index (χ3n) is 4.71. The van der Waals surface area contributed by atoms with Crippen LogP contribution in [0.25, 0.3) is 0 Å². The van der Waals surface area contributed by atoms with E-state index >= 15 is 0 Å². The van der Waals surface area contributed by atoms with Crippen LogP contribution >= 0.6 is 0 Å². The highest BCUT2D eigenvalue weighted by Gasteiger charge is 2.70. The van der Waals surface area contributed by atoms with Gasteiger partial charge < -0.3 is 20.9 Å². The maximum absolute atomic E-state index is 12.4. The van der Waals surface area contributed by atoms with Gasteiger partial charge in [-0.2, -0.15) is 0 Å². The molecule has 1 amide bonds. The third kappa shape index (κ3) is 1.68. The summed E-state index contributed by atoms with van der Waals surface area (Å²) in [7, 11) is 0. The Bertz CT molecular complexity index is 345. The zero-order valence-corrected chi connectivity index (χ0v) is 11.4. The molecule has 1 aliphatic carbocycles. The van der Waals surface area contributed by atoms with Crippen LogP contribution in [-0.4, -0.2) is 41.9 Å². The van der Waals surface area contributed by atoms with Crippen LogP contribution in [0, 0.1) is 11.3 Å². The molecule has 0 aromatic heterocycles. The van der Waals surface area contributed by atoms with Gasteiger partial charge in [0.25, 0.3) is 0 Å². The number of aliphatic hydroxyl groups excluding tert-OH is 1. The van der Waals surface area contributed by atoms with Gasteiger partial charge in [-0.3, -0.25) is 4.79 Å². The van der Waals surface area contributed by atoms with Crippen LogP contribution in [-0.2, 0) is 9.53 Å². The molecule has 5 heteroatoms. The van der Waals surface area contributed by atoms with Crippen molar-refractivity contribution >= 4 is 5.91 Å². The summed E-state index contributed by atoms with van der Waals surface area (Å²) in [5.74, 6) is -0.0760. The lowest BCUT2D eigenvalue weighted by Crippen LogP contribution is -2.82. The summed E-state index contributed by atoms with van der Waals surface area (Å²) in [6.45, 7) is 6.43. The first-order chi connectivity index (χ1) is 8.35. The van der Waals surface area contributed by atoms with Gasteiger partial charge in [0.1, 0.15) is 5.54 Å². The van der Waals surface area contributed by atoms with Crippen LogP contribution in [0.4, 0.5) is 0 Å². The fraction of sp³-hybridized carbons (Fsp3) is 0.923. The molecule has 0 aromatic rings. The fourth-order valence-electron chi connectivity index (χ4n) is 3.43. The predicted octanol–water partition coefficient (Wildman–Crippen LogP) is 0.0159. The minimum atomic E-state index is -0.887. The number of amides is 1. The maximum Gasteiger partial charge on any atom is 0.241 e.